The molecule has 0 spiro atoms. The lowest BCUT2D eigenvalue weighted by Gasteiger charge is -2.33. The van der Waals surface area contributed by atoms with E-state index < -0.39 is 20.0 Å². The van der Waals surface area contributed by atoms with E-state index in [1.54, 1.807) is 11.4 Å². The first-order chi connectivity index (χ1) is 13.2. The van der Waals surface area contributed by atoms with Crippen LogP contribution in [0.15, 0.2) is 4.99 Å². The highest BCUT2D eigenvalue weighted by atomic mass is 127. The van der Waals surface area contributed by atoms with Crippen molar-refractivity contribution >= 4 is 50.0 Å². The second-order valence-corrected chi connectivity index (χ2v) is 11.8. The summed E-state index contributed by atoms with van der Waals surface area (Å²) in [6, 6.07) is 0.200. The number of piperidine rings is 2. The van der Waals surface area contributed by atoms with E-state index in [1.807, 2.05) is 6.92 Å². The number of guanidine groups is 1. The predicted octanol–water partition coefficient (Wildman–Crippen LogP) is 0.645. The van der Waals surface area contributed by atoms with Crippen molar-refractivity contribution in [3.8, 4) is 0 Å². The Labute approximate surface area is 193 Å². The van der Waals surface area contributed by atoms with Gasteiger partial charge in [0.2, 0.25) is 20.0 Å². The summed E-state index contributed by atoms with van der Waals surface area (Å²) in [6.45, 7) is 4.86. The standard InChI is InChI=1S/C17H35N5O4S2.HI/c1-4-13-28(25,26)22-11-7-16(8-12-22)20-17(18-2)19-14-15-5-9-21(10-6-15)27(3,23)24;/h15-16H,4-14H2,1-3H3,(H2,18,19,20);1H. The van der Waals surface area contributed by atoms with Crippen LogP contribution >= 0.6 is 24.0 Å². The van der Waals surface area contributed by atoms with Crippen LogP contribution in [0.3, 0.4) is 0 Å². The molecule has 2 N–H and O–H groups in total. The number of nitrogens with zero attached hydrogens (tertiary/aromatic N) is 3. The molecule has 2 fully saturated rings. The summed E-state index contributed by atoms with van der Waals surface area (Å²) in [7, 11) is -4.49. The molecule has 0 aromatic rings. The zero-order valence-corrected chi connectivity index (χ0v) is 21.6. The van der Waals surface area contributed by atoms with Gasteiger partial charge in [-0.1, -0.05) is 6.92 Å². The third-order valence-corrected chi connectivity index (χ3v) is 8.85. The van der Waals surface area contributed by atoms with Crippen molar-refractivity contribution < 1.29 is 16.8 Å². The normalized spacial score (nSPS) is 21.6. The Morgan fingerprint density at radius 1 is 1.00 bits per heavy atom. The molecule has 0 bridgehead atoms. The number of nitrogens with one attached hydrogen (secondary N) is 2. The second kappa shape index (κ2) is 12.0. The Kier molecular flexibility index (Phi) is 11.1. The number of aliphatic imine (C=N–C) groups is 1. The number of hydrogen-bond acceptors (Lipinski definition) is 5. The van der Waals surface area contributed by atoms with E-state index >= 15 is 0 Å². The van der Waals surface area contributed by atoms with E-state index in [0.29, 0.717) is 38.5 Å². The van der Waals surface area contributed by atoms with Crippen LogP contribution in [-0.4, -0.2) is 89.2 Å². The molecule has 2 rings (SSSR count). The molecule has 172 valence electrons. The molecule has 12 heteroatoms. The predicted molar refractivity (Wildman–Crippen MR) is 128 cm³/mol. The molecule has 0 amide bonds. The molecule has 0 aliphatic carbocycles. The first kappa shape index (κ1) is 26.9. The average molecular weight is 566 g/mol. The lowest BCUT2D eigenvalue weighted by atomic mass is 9.98. The monoisotopic (exact) mass is 565 g/mol. The molecule has 29 heavy (non-hydrogen) atoms. The Hall–Kier alpha value is -0.180. The van der Waals surface area contributed by atoms with Gasteiger partial charge in [0.15, 0.2) is 5.96 Å². The van der Waals surface area contributed by atoms with Crippen LogP contribution in [0.5, 0.6) is 0 Å². The lowest BCUT2D eigenvalue weighted by molar-refractivity contribution is 0.273. The summed E-state index contributed by atoms with van der Waals surface area (Å²) in [5.41, 5.74) is 0. The van der Waals surface area contributed by atoms with Crippen molar-refractivity contribution in [1.29, 1.82) is 0 Å². The van der Waals surface area contributed by atoms with Crippen LogP contribution in [0.25, 0.3) is 0 Å². The van der Waals surface area contributed by atoms with Gasteiger partial charge < -0.3 is 10.6 Å². The van der Waals surface area contributed by atoms with Gasteiger partial charge >= 0.3 is 0 Å². The van der Waals surface area contributed by atoms with E-state index in [4.69, 9.17) is 0 Å². The summed E-state index contributed by atoms with van der Waals surface area (Å²) in [6.07, 6.45) is 5.10. The molecule has 0 saturated carbocycles. The third kappa shape index (κ3) is 8.46. The van der Waals surface area contributed by atoms with Gasteiger partial charge in [0.05, 0.1) is 12.0 Å². The van der Waals surface area contributed by atoms with E-state index in [2.05, 4.69) is 15.6 Å². The minimum Gasteiger partial charge on any atom is -0.356 e. The van der Waals surface area contributed by atoms with Crippen molar-refractivity contribution in [2.45, 2.75) is 45.1 Å². The van der Waals surface area contributed by atoms with Gasteiger partial charge in [0, 0.05) is 45.8 Å². The van der Waals surface area contributed by atoms with Crippen LogP contribution in [0, 0.1) is 5.92 Å². The maximum atomic E-state index is 12.2. The van der Waals surface area contributed by atoms with Gasteiger partial charge in [-0.15, -0.1) is 24.0 Å². The van der Waals surface area contributed by atoms with Crippen molar-refractivity contribution in [3.63, 3.8) is 0 Å². The molecule has 0 unspecified atom stereocenters. The minimum atomic E-state index is -3.12. The van der Waals surface area contributed by atoms with E-state index in [-0.39, 0.29) is 35.8 Å². The summed E-state index contributed by atoms with van der Waals surface area (Å²) in [5.74, 6) is 1.35. The Bertz CT molecular complexity index is 729. The zero-order chi connectivity index (χ0) is 20.8. The molecular formula is C17H36IN5O4S2. The maximum absolute atomic E-state index is 12.2. The Morgan fingerprint density at radius 2 is 1.55 bits per heavy atom. The first-order valence-corrected chi connectivity index (χ1v) is 13.5. The average Bonchev–Trinajstić information content (AvgIpc) is 2.65. The molecule has 0 atom stereocenters. The van der Waals surface area contributed by atoms with Crippen molar-refractivity contribution in [1.82, 2.24) is 19.2 Å². The fourth-order valence-corrected chi connectivity index (χ4v) is 6.15. The summed E-state index contributed by atoms with van der Waals surface area (Å²) in [4.78, 5) is 4.27. The van der Waals surface area contributed by atoms with Crippen LogP contribution in [-0.2, 0) is 20.0 Å². The minimum absolute atomic E-state index is 0. The molecule has 0 aromatic heterocycles. The molecule has 9 nitrogen and oxygen atoms in total. The van der Waals surface area contributed by atoms with Crippen LogP contribution < -0.4 is 10.6 Å². The molecule has 2 aliphatic heterocycles. The van der Waals surface area contributed by atoms with E-state index in [1.165, 1.54) is 10.6 Å². The van der Waals surface area contributed by atoms with Gasteiger partial charge in [-0.05, 0) is 38.0 Å². The summed E-state index contributed by atoms with van der Waals surface area (Å²) < 4.78 is 50.6. The largest absolute Gasteiger partial charge is 0.356 e. The van der Waals surface area contributed by atoms with E-state index in [0.717, 1.165) is 38.2 Å². The fourth-order valence-electron chi connectivity index (χ4n) is 3.74. The third-order valence-electron chi connectivity index (χ3n) is 5.47. The summed E-state index contributed by atoms with van der Waals surface area (Å²) >= 11 is 0. The summed E-state index contributed by atoms with van der Waals surface area (Å²) in [5, 5.41) is 6.73. The molecule has 2 aliphatic rings. The topological polar surface area (TPSA) is 111 Å². The highest BCUT2D eigenvalue weighted by molar-refractivity contribution is 14.0. The fraction of sp³-hybridized carbons (Fsp3) is 0.941. The van der Waals surface area contributed by atoms with Crippen molar-refractivity contribution in [3.05, 3.63) is 0 Å². The van der Waals surface area contributed by atoms with Crippen molar-refractivity contribution in [2.75, 3.05) is 51.8 Å². The Morgan fingerprint density at radius 3 is 2.03 bits per heavy atom. The zero-order valence-electron chi connectivity index (χ0n) is 17.6. The highest BCUT2D eigenvalue weighted by Gasteiger charge is 2.28. The number of rotatable bonds is 7. The molecule has 2 heterocycles. The SMILES string of the molecule is CCCS(=O)(=O)N1CCC(NC(=NC)NCC2CCN(S(C)(=O)=O)CC2)CC1.I. The first-order valence-electron chi connectivity index (χ1n) is 10.1. The Balaban J connectivity index is 0.00000420. The van der Waals surface area contributed by atoms with Gasteiger partial charge in [-0.3, -0.25) is 4.99 Å². The smallest absolute Gasteiger partial charge is 0.214 e. The van der Waals surface area contributed by atoms with Crippen LogP contribution in [0.2, 0.25) is 0 Å². The lowest BCUT2D eigenvalue weighted by Crippen LogP contribution is -2.51. The highest BCUT2D eigenvalue weighted by Crippen LogP contribution is 2.18. The second-order valence-electron chi connectivity index (χ2n) is 7.69. The van der Waals surface area contributed by atoms with Gasteiger partial charge in [-0.2, -0.15) is 0 Å². The maximum Gasteiger partial charge on any atom is 0.214 e. The molecule has 0 radical (unpaired) electrons. The number of halogens is 1. The number of hydrogen-bond donors (Lipinski definition) is 2. The van der Waals surface area contributed by atoms with Gasteiger partial charge in [0.1, 0.15) is 0 Å². The quantitative estimate of drug-likeness (QED) is 0.267. The molecule has 2 saturated heterocycles. The van der Waals surface area contributed by atoms with Crippen LogP contribution in [0.4, 0.5) is 0 Å². The molecular weight excluding hydrogens is 529 g/mol. The molecule has 0 aromatic carbocycles. The van der Waals surface area contributed by atoms with Crippen molar-refractivity contribution in [2.24, 2.45) is 10.9 Å². The van der Waals surface area contributed by atoms with Gasteiger partial charge in [-0.25, -0.2) is 25.4 Å². The number of sulfonamides is 2. The van der Waals surface area contributed by atoms with Gasteiger partial charge in [0.25, 0.3) is 0 Å². The van der Waals surface area contributed by atoms with Crippen LogP contribution in [0.1, 0.15) is 39.0 Å². The van der Waals surface area contributed by atoms with E-state index in [9.17, 15) is 16.8 Å².